The fourth-order valence-corrected chi connectivity index (χ4v) is 3.56. The Morgan fingerprint density at radius 2 is 2.15 bits per heavy atom. The standard InChI is InChI=1S/C19H20Cl2N4O2/c1-11-12(2)24-25(19(26)15(11)8-22)10-14-9-23-5-6-27-18(14)13-3-4-16(20)17(21)7-13/h3-4,7,14,18,23H,5-6,9-10H2,1-2H3/t14-,18-/m0/s1. The van der Waals surface area contributed by atoms with Crippen molar-refractivity contribution in [1.29, 1.82) is 5.26 Å². The van der Waals surface area contributed by atoms with Crippen molar-refractivity contribution >= 4 is 23.2 Å². The van der Waals surface area contributed by atoms with Crippen molar-refractivity contribution in [2.75, 3.05) is 19.7 Å². The molecule has 6 nitrogen and oxygen atoms in total. The van der Waals surface area contributed by atoms with Crippen molar-refractivity contribution in [1.82, 2.24) is 15.1 Å². The first kappa shape index (κ1) is 19.8. The van der Waals surface area contributed by atoms with Crippen LogP contribution in [0.3, 0.4) is 0 Å². The van der Waals surface area contributed by atoms with E-state index in [9.17, 15) is 10.1 Å². The lowest BCUT2D eigenvalue weighted by molar-refractivity contribution is 0.0238. The summed E-state index contributed by atoms with van der Waals surface area (Å²) in [6.45, 7) is 5.76. The fraction of sp³-hybridized carbons (Fsp3) is 0.421. The number of benzene rings is 1. The maximum atomic E-state index is 12.7. The molecule has 1 aliphatic heterocycles. The third-order valence-corrected chi connectivity index (χ3v) is 5.58. The van der Waals surface area contributed by atoms with E-state index in [-0.39, 0.29) is 23.1 Å². The summed E-state index contributed by atoms with van der Waals surface area (Å²) < 4.78 is 7.41. The molecular formula is C19H20Cl2N4O2. The normalized spacial score (nSPS) is 20.1. The molecule has 3 rings (SSSR count). The van der Waals surface area contributed by atoms with E-state index in [1.165, 1.54) is 4.68 Å². The number of halogens is 2. The highest BCUT2D eigenvalue weighted by molar-refractivity contribution is 6.42. The highest BCUT2D eigenvalue weighted by Gasteiger charge is 2.28. The van der Waals surface area contributed by atoms with Gasteiger partial charge in [0.25, 0.3) is 5.56 Å². The van der Waals surface area contributed by atoms with E-state index in [1.54, 1.807) is 26.0 Å². The molecule has 0 amide bonds. The van der Waals surface area contributed by atoms with Gasteiger partial charge in [-0.2, -0.15) is 10.4 Å². The summed E-state index contributed by atoms with van der Waals surface area (Å²) in [5.41, 5.74) is 1.94. The highest BCUT2D eigenvalue weighted by Crippen LogP contribution is 2.32. The number of nitrogens with one attached hydrogen (secondary N) is 1. The van der Waals surface area contributed by atoms with Gasteiger partial charge in [0.1, 0.15) is 11.6 Å². The van der Waals surface area contributed by atoms with E-state index in [1.807, 2.05) is 12.1 Å². The number of nitrogens with zero attached hydrogens (tertiary/aromatic N) is 3. The number of rotatable bonds is 3. The van der Waals surface area contributed by atoms with Crippen LogP contribution in [0.1, 0.15) is 28.5 Å². The second-order valence-electron chi connectivity index (χ2n) is 6.61. The van der Waals surface area contributed by atoms with Crippen LogP contribution < -0.4 is 10.9 Å². The molecule has 0 radical (unpaired) electrons. The van der Waals surface area contributed by atoms with Gasteiger partial charge in [-0.3, -0.25) is 4.79 Å². The minimum Gasteiger partial charge on any atom is -0.372 e. The van der Waals surface area contributed by atoms with Crippen LogP contribution in [0.2, 0.25) is 10.0 Å². The maximum absolute atomic E-state index is 12.7. The molecule has 142 valence electrons. The predicted molar refractivity (Wildman–Crippen MR) is 104 cm³/mol. The maximum Gasteiger partial charge on any atom is 0.284 e. The van der Waals surface area contributed by atoms with Crippen molar-refractivity contribution in [3.05, 3.63) is 61.0 Å². The van der Waals surface area contributed by atoms with Gasteiger partial charge in [-0.25, -0.2) is 4.68 Å². The largest absolute Gasteiger partial charge is 0.372 e. The van der Waals surface area contributed by atoms with Crippen molar-refractivity contribution in [2.45, 2.75) is 26.5 Å². The first-order valence-electron chi connectivity index (χ1n) is 8.68. The second kappa shape index (κ2) is 8.41. The molecular weight excluding hydrogens is 387 g/mol. The van der Waals surface area contributed by atoms with E-state index in [4.69, 9.17) is 27.9 Å². The van der Waals surface area contributed by atoms with Gasteiger partial charge in [0, 0.05) is 19.0 Å². The lowest BCUT2D eigenvalue weighted by Crippen LogP contribution is -2.35. The minimum atomic E-state index is -0.377. The Morgan fingerprint density at radius 1 is 1.37 bits per heavy atom. The van der Waals surface area contributed by atoms with Crippen molar-refractivity contribution in [3.8, 4) is 6.07 Å². The number of aryl methyl sites for hydroxylation is 1. The van der Waals surface area contributed by atoms with Gasteiger partial charge < -0.3 is 10.1 Å². The van der Waals surface area contributed by atoms with E-state index in [0.717, 1.165) is 5.56 Å². The molecule has 1 saturated heterocycles. The zero-order chi connectivity index (χ0) is 19.6. The van der Waals surface area contributed by atoms with Gasteiger partial charge in [0.15, 0.2) is 0 Å². The zero-order valence-electron chi connectivity index (χ0n) is 15.1. The summed E-state index contributed by atoms with van der Waals surface area (Å²) in [5.74, 6) is -0.0661. The Labute approximate surface area is 167 Å². The molecule has 1 N–H and O–H groups in total. The molecule has 8 heteroatoms. The quantitative estimate of drug-likeness (QED) is 0.846. The van der Waals surface area contributed by atoms with Crippen LogP contribution in [0, 0.1) is 31.1 Å². The third-order valence-electron chi connectivity index (χ3n) is 4.84. The lowest BCUT2D eigenvalue weighted by atomic mass is 9.95. The Kier molecular flexibility index (Phi) is 6.18. The SMILES string of the molecule is Cc1nn(C[C@@H]2CNCCO[C@H]2c2ccc(Cl)c(Cl)c2)c(=O)c(C#N)c1C. The van der Waals surface area contributed by atoms with Crippen LogP contribution in [0.4, 0.5) is 0 Å². The highest BCUT2D eigenvalue weighted by atomic mass is 35.5. The summed E-state index contributed by atoms with van der Waals surface area (Å²) in [7, 11) is 0. The second-order valence-corrected chi connectivity index (χ2v) is 7.43. The van der Waals surface area contributed by atoms with Crippen LogP contribution in [-0.2, 0) is 11.3 Å². The van der Waals surface area contributed by atoms with Crippen LogP contribution in [0.5, 0.6) is 0 Å². The van der Waals surface area contributed by atoms with Crippen molar-refractivity contribution in [3.63, 3.8) is 0 Å². The van der Waals surface area contributed by atoms with Crippen LogP contribution in [-0.4, -0.2) is 29.5 Å². The Bertz CT molecular complexity index is 952. The number of nitriles is 1. The van der Waals surface area contributed by atoms with Gasteiger partial charge in [0.05, 0.1) is 35.0 Å². The molecule has 2 atom stereocenters. The first-order chi connectivity index (χ1) is 12.9. The number of hydrogen-bond acceptors (Lipinski definition) is 5. The third kappa shape index (κ3) is 4.17. The Morgan fingerprint density at radius 3 is 2.85 bits per heavy atom. The van der Waals surface area contributed by atoms with Gasteiger partial charge >= 0.3 is 0 Å². The monoisotopic (exact) mass is 406 g/mol. The molecule has 0 unspecified atom stereocenters. The number of ether oxygens (including phenoxy) is 1. The van der Waals surface area contributed by atoms with Gasteiger partial charge in [-0.1, -0.05) is 29.3 Å². The summed E-state index contributed by atoms with van der Waals surface area (Å²) in [6.07, 6.45) is -0.268. The molecule has 0 aliphatic carbocycles. The average molecular weight is 407 g/mol. The molecule has 1 fully saturated rings. The smallest absolute Gasteiger partial charge is 0.284 e. The van der Waals surface area contributed by atoms with E-state index >= 15 is 0 Å². The average Bonchev–Trinajstić information content (AvgIpc) is 2.88. The number of aromatic nitrogens is 2. The van der Waals surface area contributed by atoms with Gasteiger partial charge in [0.2, 0.25) is 0 Å². The van der Waals surface area contributed by atoms with E-state index in [2.05, 4.69) is 10.4 Å². The zero-order valence-corrected chi connectivity index (χ0v) is 16.6. The molecule has 0 saturated carbocycles. The lowest BCUT2D eigenvalue weighted by Gasteiger charge is -2.26. The number of hydrogen-bond donors (Lipinski definition) is 1. The molecule has 0 bridgehead atoms. The van der Waals surface area contributed by atoms with Crippen LogP contribution >= 0.6 is 23.2 Å². The molecule has 2 aromatic rings. The summed E-state index contributed by atoms with van der Waals surface area (Å²) in [5, 5.41) is 18.0. The van der Waals surface area contributed by atoms with E-state index < -0.39 is 0 Å². The Hall–Kier alpha value is -1.91. The van der Waals surface area contributed by atoms with E-state index in [0.29, 0.717) is 47.5 Å². The topological polar surface area (TPSA) is 79.9 Å². The molecule has 1 aliphatic rings. The summed E-state index contributed by atoms with van der Waals surface area (Å²) in [6, 6.07) is 7.42. The van der Waals surface area contributed by atoms with Crippen molar-refractivity contribution in [2.24, 2.45) is 5.92 Å². The molecule has 27 heavy (non-hydrogen) atoms. The molecule has 1 aromatic heterocycles. The van der Waals surface area contributed by atoms with Crippen molar-refractivity contribution < 1.29 is 4.74 Å². The molecule has 0 spiro atoms. The van der Waals surface area contributed by atoms with Crippen LogP contribution in [0.25, 0.3) is 0 Å². The molecule has 1 aromatic carbocycles. The Balaban J connectivity index is 1.98. The van der Waals surface area contributed by atoms with Crippen LogP contribution in [0.15, 0.2) is 23.0 Å². The summed E-state index contributed by atoms with van der Waals surface area (Å²) in [4.78, 5) is 12.7. The van der Waals surface area contributed by atoms with Gasteiger partial charge in [-0.15, -0.1) is 0 Å². The fourth-order valence-electron chi connectivity index (χ4n) is 3.26. The molecule has 2 heterocycles. The summed E-state index contributed by atoms with van der Waals surface area (Å²) >= 11 is 12.2. The predicted octanol–water partition coefficient (Wildman–Crippen LogP) is 3.02. The minimum absolute atomic E-state index is 0.0661. The van der Waals surface area contributed by atoms with Gasteiger partial charge in [-0.05, 0) is 37.1 Å². The first-order valence-corrected chi connectivity index (χ1v) is 9.43.